The number of aromatic amines is 1. The van der Waals surface area contributed by atoms with Gasteiger partial charge in [-0.05, 0) is 43.4 Å². The van der Waals surface area contributed by atoms with Gasteiger partial charge in [0.2, 0.25) is 0 Å². The maximum absolute atomic E-state index is 12.6. The molecule has 1 heterocycles. The molecule has 1 aromatic carbocycles. The van der Waals surface area contributed by atoms with E-state index in [0.717, 1.165) is 35.2 Å². The summed E-state index contributed by atoms with van der Waals surface area (Å²) in [6.07, 6.45) is 2.24. The summed E-state index contributed by atoms with van der Waals surface area (Å²) in [6.45, 7) is 5.42. The number of ether oxygens (including phenoxy) is 1. The lowest BCUT2D eigenvalue weighted by atomic mass is 9.94. The standard InChI is InChI=1S/C20H24N2O3/c1-3-25-12-15-8-5-4-7-14(15)11-21-20(24)19-13(2)18-16(22-19)9-6-10-17(18)23/h4-5,7-8,22H,3,6,9-12H2,1-2H3,(H,21,24). The Morgan fingerprint density at radius 1 is 1.24 bits per heavy atom. The molecule has 0 bridgehead atoms. The zero-order valence-electron chi connectivity index (χ0n) is 14.8. The van der Waals surface area contributed by atoms with E-state index in [1.54, 1.807) is 0 Å². The number of amides is 1. The zero-order chi connectivity index (χ0) is 17.8. The summed E-state index contributed by atoms with van der Waals surface area (Å²) in [6, 6.07) is 7.92. The molecule has 3 rings (SSSR count). The normalized spacial score (nSPS) is 13.6. The molecule has 0 unspecified atom stereocenters. The number of aromatic nitrogens is 1. The summed E-state index contributed by atoms with van der Waals surface area (Å²) in [4.78, 5) is 27.9. The van der Waals surface area contributed by atoms with Gasteiger partial charge in [0.1, 0.15) is 5.69 Å². The Kier molecular flexibility index (Phi) is 5.34. The van der Waals surface area contributed by atoms with Crippen LogP contribution in [0.1, 0.15) is 63.0 Å². The van der Waals surface area contributed by atoms with Crippen LogP contribution in [0.25, 0.3) is 0 Å². The van der Waals surface area contributed by atoms with E-state index in [4.69, 9.17) is 4.74 Å². The lowest BCUT2D eigenvalue weighted by Gasteiger charge is -2.11. The van der Waals surface area contributed by atoms with Crippen molar-refractivity contribution in [3.8, 4) is 0 Å². The number of nitrogens with one attached hydrogen (secondary N) is 2. The second-order valence-electron chi connectivity index (χ2n) is 6.34. The third kappa shape index (κ3) is 3.66. The van der Waals surface area contributed by atoms with Gasteiger partial charge in [0, 0.05) is 30.8 Å². The van der Waals surface area contributed by atoms with Gasteiger partial charge in [-0.2, -0.15) is 0 Å². The number of carbonyl (C=O) groups is 2. The first-order valence-electron chi connectivity index (χ1n) is 8.79. The topological polar surface area (TPSA) is 71.2 Å². The van der Waals surface area contributed by atoms with Crippen LogP contribution in [0.3, 0.4) is 0 Å². The quantitative estimate of drug-likeness (QED) is 0.847. The van der Waals surface area contributed by atoms with Crippen molar-refractivity contribution in [2.75, 3.05) is 6.61 Å². The van der Waals surface area contributed by atoms with E-state index in [2.05, 4.69) is 10.3 Å². The van der Waals surface area contributed by atoms with Gasteiger partial charge in [-0.1, -0.05) is 24.3 Å². The van der Waals surface area contributed by atoms with Crippen molar-refractivity contribution >= 4 is 11.7 Å². The van der Waals surface area contributed by atoms with Gasteiger partial charge < -0.3 is 15.0 Å². The van der Waals surface area contributed by atoms with Crippen molar-refractivity contribution in [3.63, 3.8) is 0 Å². The maximum atomic E-state index is 12.6. The van der Waals surface area contributed by atoms with E-state index in [-0.39, 0.29) is 11.7 Å². The number of hydrogen-bond acceptors (Lipinski definition) is 3. The fourth-order valence-corrected chi connectivity index (χ4v) is 3.35. The summed E-state index contributed by atoms with van der Waals surface area (Å²) in [5.41, 5.74) is 4.99. The molecule has 2 aromatic rings. The predicted molar refractivity (Wildman–Crippen MR) is 95.7 cm³/mol. The maximum Gasteiger partial charge on any atom is 0.268 e. The van der Waals surface area contributed by atoms with Crippen LogP contribution in [-0.2, 0) is 24.3 Å². The number of H-pyrrole nitrogens is 1. The Morgan fingerprint density at radius 3 is 2.72 bits per heavy atom. The number of hydrogen-bond donors (Lipinski definition) is 2. The van der Waals surface area contributed by atoms with Crippen LogP contribution in [0, 0.1) is 6.92 Å². The van der Waals surface area contributed by atoms with E-state index in [1.165, 1.54) is 0 Å². The van der Waals surface area contributed by atoms with Gasteiger partial charge in [0.05, 0.1) is 6.61 Å². The number of fused-ring (bicyclic) bond motifs is 1. The molecule has 1 aliphatic rings. The van der Waals surface area contributed by atoms with Crippen molar-refractivity contribution in [1.82, 2.24) is 10.3 Å². The second-order valence-corrected chi connectivity index (χ2v) is 6.34. The largest absolute Gasteiger partial charge is 0.377 e. The smallest absolute Gasteiger partial charge is 0.268 e. The van der Waals surface area contributed by atoms with Crippen molar-refractivity contribution in [2.45, 2.75) is 46.3 Å². The molecule has 0 radical (unpaired) electrons. The Morgan fingerprint density at radius 2 is 2.00 bits per heavy atom. The Balaban J connectivity index is 1.73. The minimum Gasteiger partial charge on any atom is -0.377 e. The molecule has 1 aliphatic carbocycles. The molecule has 0 fully saturated rings. The zero-order valence-corrected chi connectivity index (χ0v) is 14.8. The van der Waals surface area contributed by atoms with Gasteiger partial charge in [0.25, 0.3) is 5.91 Å². The molecule has 132 valence electrons. The van der Waals surface area contributed by atoms with E-state index < -0.39 is 0 Å². The molecule has 1 aromatic heterocycles. The molecule has 1 amide bonds. The number of aryl methyl sites for hydroxylation is 1. The number of benzene rings is 1. The van der Waals surface area contributed by atoms with Crippen LogP contribution >= 0.6 is 0 Å². The highest BCUT2D eigenvalue weighted by atomic mass is 16.5. The molecule has 0 saturated heterocycles. The van der Waals surface area contributed by atoms with Crippen LogP contribution in [-0.4, -0.2) is 23.3 Å². The van der Waals surface area contributed by atoms with Crippen LogP contribution in [0.15, 0.2) is 24.3 Å². The highest BCUT2D eigenvalue weighted by Crippen LogP contribution is 2.26. The number of rotatable bonds is 6. The van der Waals surface area contributed by atoms with E-state index >= 15 is 0 Å². The number of Topliss-reactive ketones (excluding diaryl/α,β-unsaturated/α-hetero) is 1. The summed E-state index contributed by atoms with van der Waals surface area (Å²) in [5.74, 6) is -0.0398. The minimum atomic E-state index is -0.175. The number of carbonyl (C=O) groups excluding carboxylic acids is 2. The van der Waals surface area contributed by atoms with Crippen LogP contribution < -0.4 is 5.32 Å². The van der Waals surface area contributed by atoms with Crippen LogP contribution in [0.2, 0.25) is 0 Å². The van der Waals surface area contributed by atoms with Gasteiger partial charge >= 0.3 is 0 Å². The predicted octanol–water partition coefficient (Wildman–Crippen LogP) is 3.31. The van der Waals surface area contributed by atoms with Gasteiger partial charge in [-0.25, -0.2) is 0 Å². The average Bonchev–Trinajstić information content (AvgIpc) is 2.96. The summed E-state index contributed by atoms with van der Waals surface area (Å²) >= 11 is 0. The van der Waals surface area contributed by atoms with Gasteiger partial charge in [-0.3, -0.25) is 9.59 Å². The third-order valence-electron chi connectivity index (χ3n) is 4.68. The fraction of sp³-hybridized carbons (Fsp3) is 0.400. The highest BCUT2D eigenvalue weighted by molar-refractivity contribution is 6.04. The van der Waals surface area contributed by atoms with Gasteiger partial charge in [-0.15, -0.1) is 0 Å². The average molecular weight is 340 g/mol. The van der Waals surface area contributed by atoms with Crippen molar-refractivity contribution < 1.29 is 14.3 Å². The first kappa shape index (κ1) is 17.4. The molecular formula is C20H24N2O3. The molecule has 5 heteroatoms. The van der Waals surface area contributed by atoms with Crippen molar-refractivity contribution in [2.24, 2.45) is 0 Å². The molecule has 0 atom stereocenters. The monoisotopic (exact) mass is 340 g/mol. The highest BCUT2D eigenvalue weighted by Gasteiger charge is 2.26. The van der Waals surface area contributed by atoms with Gasteiger partial charge in [0.15, 0.2) is 5.78 Å². The molecule has 0 saturated carbocycles. The fourth-order valence-electron chi connectivity index (χ4n) is 3.35. The molecule has 25 heavy (non-hydrogen) atoms. The molecule has 2 N–H and O–H groups in total. The molecule has 0 aliphatic heterocycles. The van der Waals surface area contributed by atoms with E-state index in [9.17, 15) is 9.59 Å². The Bertz CT molecular complexity index is 792. The molecule has 5 nitrogen and oxygen atoms in total. The third-order valence-corrected chi connectivity index (χ3v) is 4.68. The van der Waals surface area contributed by atoms with Crippen molar-refractivity contribution in [1.29, 1.82) is 0 Å². The second kappa shape index (κ2) is 7.66. The molecule has 0 spiro atoms. The first-order valence-corrected chi connectivity index (χ1v) is 8.79. The summed E-state index contributed by atoms with van der Waals surface area (Å²) in [5, 5.41) is 2.96. The first-order chi connectivity index (χ1) is 12.1. The number of ketones is 1. The lowest BCUT2D eigenvalue weighted by Crippen LogP contribution is -2.24. The van der Waals surface area contributed by atoms with Crippen LogP contribution in [0.5, 0.6) is 0 Å². The van der Waals surface area contributed by atoms with E-state index in [1.807, 2.05) is 38.1 Å². The van der Waals surface area contributed by atoms with E-state index in [0.29, 0.717) is 37.4 Å². The Labute approximate surface area is 147 Å². The van der Waals surface area contributed by atoms with Crippen molar-refractivity contribution in [3.05, 3.63) is 57.9 Å². The Hall–Kier alpha value is -2.40. The molecular weight excluding hydrogens is 316 g/mol. The lowest BCUT2D eigenvalue weighted by molar-refractivity contribution is 0.0943. The van der Waals surface area contributed by atoms with Crippen LogP contribution in [0.4, 0.5) is 0 Å². The summed E-state index contributed by atoms with van der Waals surface area (Å²) in [7, 11) is 0. The SMILES string of the molecule is CCOCc1ccccc1CNC(=O)c1[nH]c2c(c1C)C(=O)CCC2. The summed E-state index contributed by atoms with van der Waals surface area (Å²) < 4.78 is 5.48. The minimum absolute atomic E-state index is 0.135.